The molecule has 0 aliphatic carbocycles. The SMILES string of the molecule is CC(C)(O)C(C)(C)O[B]c1ccccc1-n1c2cc(-c3ccccc3)ccc2c2ccc(-c3ccccc3)cc21. The molecule has 6 rings (SSSR count). The summed E-state index contributed by atoms with van der Waals surface area (Å²) in [6, 6.07) is 42.7. The van der Waals surface area contributed by atoms with E-state index in [1.54, 1.807) is 21.3 Å². The summed E-state index contributed by atoms with van der Waals surface area (Å²) >= 11 is 0. The molecule has 0 aliphatic heterocycles. The lowest BCUT2D eigenvalue weighted by atomic mass is 9.81. The predicted molar refractivity (Wildman–Crippen MR) is 169 cm³/mol. The highest BCUT2D eigenvalue weighted by molar-refractivity contribution is 6.49. The molecule has 4 heteroatoms. The molecule has 0 atom stereocenters. The number of nitrogens with zero attached hydrogens (tertiary/aromatic N) is 1. The highest BCUT2D eigenvalue weighted by Crippen LogP contribution is 2.36. The van der Waals surface area contributed by atoms with Crippen LogP contribution in [0.3, 0.4) is 0 Å². The molecule has 0 unspecified atom stereocenters. The number of aliphatic hydroxyl groups is 1. The van der Waals surface area contributed by atoms with Crippen LogP contribution in [0.2, 0.25) is 0 Å². The maximum absolute atomic E-state index is 10.7. The molecule has 0 spiro atoms. The Balaban J connectivity index is 1.59. The molecular formula is C36H33BNO2. The summed E-state index contributed by atoms with van der Waals surface area (Å²) in [6.07, 6.45) is 0. The van der Waals surface area contributed by atoms with Crippen molar-refractivity contribution in [1.82, 2.24) is 4.57 Å². The Hall–Kier alpha value is -4.12. The molecule has 1 aromatic heterocycles. The van der Waals surface area contributed by atoms with E-state index in [2.05, 4.69) is 108 Å². The fourth-order valence-corrected chi connectivity index (χ4v) is 5.04. The molecule has 40 heavy (non-hydrogen) atoms. The largest absolute Gasteiger partial charge is 0.427 e. The number of fused-ring (bicyclic) bond motifs is 3. The van der Waals surface area contributed by atoms with Gasteiger partial charge in [0.2, 0.25) is 0 Å². The third-order valence-corrected chi connectivity index (χ3v) is 8.11. The fourth-order valence-electron chi connectivity index (χ4n) is 5.04. The van der Waals surface area contributed by atoms with Crippen molar-refractivity contribution in [1.29, 1.82) is 0 Å². The van der Waals surface area contributed by atoms with Gasteiger partial charge >= 0.3 is 7.48 Å². The average molecular weight is 522 g/mol. The van der Waals surface area contributed by atoms with Crippen LogP contribution in [0.15, 0.2) is 121 Å². The van der Waals surface area contributed by atoms with Crippen molar-refractivity contribution in [2.45, 2.75) is 38.9 Å². The first-order chi connectivity index (χ1) is 19.2. The van der Waals surface area contributed by atoms with Gasteiger partial charge in [-0.2, -0.15) is 0 Å². The molecule has 5 aromatic carbocycles. The van der Waals surface area contributed by atoms with E-state index in [9.17, 15) is 5.11 Å². The second kappa shape index (κ2) is 10.1. The zero-order valence-corrected chi connectivity index (χ0v) is 23.4. The van der Waals surface area contributed by atoms with Crippen molar-refractivity contribution in [2.75, 3.05) is 0 Å². The normalized spacial score (nSPS) is 12.2. The van der Waals surface area contributed by atoms with Gasteiger partial charge in [-0.15, -0.1) is 0 Å². The summed E-state index contributed by atoms with van der Waals surface area (Å²) in [5, 5.41) is 13.1. The number of hydrogen-bond acceptors (Lipinski definition) is 2. The van der Waals surface area contributed by atoms with Gasteiger partial charge in [-0.25, -0.2) is 0 Å². The Morgan fingerprint density at radius 1 is 0.575 bits per heavy atom. The monoisotopic (exact) mass is 522 g/mol. The summed E-state index contributed by atoms with van der Waals surface area (Å²) < 4.78 is 8.58. The molecule has 6 aromatic rings. The summed E-state index contributed by atoms with van der Waals surface area (Å²) in [7, 11) is 1.78. The lowest BCUT2D eigenvalue weighted by Gasteiger charge is -2.37. The van der Waals surface area contributed by atoms with E-state index >= 15 is 0 Å². The van der Waals surface area contributed by atoms with Crippen molar-refractivity contribution in [3.8, 4) is 27.9 Å². The first-order valence-electron chi connectivity index (χ1n) is 13.7. The third kappa shape index (κ3) is 4.74. The number of hydrogen-bond donors (Lipinski definition) is 1. The van der Waals surface area contributed by atoms with E-state index in [4.69, 9.17) is 4.65 Å². The maximum atomic E-state index is 10.7. The smallest absolute Gasteiger partial charge is 0.333 e. The fraction of sp³-hybridized carbons (Fsp3) is 0.167. The molecule has 3 nitrogen and oxygen atoms in total. The first kappa shape index (κ1) is 26.1. The Bertz CT molecular complexity index is 1700. The van der Waals surface area contributed by atoms with Crippen LogP contribution in [0.1, 0.15) is 27.7 Å². The zero-order chi connectivity index (χ0) is 27.9. The minimum atomic E-state index is -1.01. The van der Waals surface area contributed by atoms with Crippen LogP contribution in [0.25, 0.3) is 49.7 Å². The lowest BCUT2D eigenvalue weighted by Crippen LogP contribution is -2.49. The van der Waals surface area contributed by atoms with E-state index in [1.807, 2.05) is 32.0 Å². The molecule has 1 heterocycles. The van der Waals surface area contributed by atoms with E-state index < -0.39 is 11.2 Å². The first-order valence-corrected chi connectivity index (χ1v) is 13.7. The van der Waals surface area contributed by atoms with Crippen LogP contribution in [-0.4, -0.2) is 28.4 Å². The van der Waals surface area contributed by atoms with Crippen LogP contribution >= 0.6 is 0 Å². The molecule has 1 radical (unpaired) electrons. The van der Waals surface area contributed by atoms with Gasteiger partial charge < -0.3 is 14.3 Å². The Labute approximate surface area is 237 Å². The second-order valence-corrected chi connectivity index (χ2v) is 11.4. The quantitative estimate of drug-likeness (QED) is 0.216. The van der Waals surface area contributed by atoms with E-state index in [1.165, 1.54) is 33.0 Å². The van der Waals surface area contributed by atoms with E-state index in [-0.39, 0.29) is 0 Å². The molecule has 197 valence electrons. The summed E-state index contributed by atoms with van der Waals surface area (Å²) in [5.41, 5.74) is 7.12. The summed E-state index contributed by atoms with van der Waals surface area (Å²) in [4.78, 5) is 0. The average Bonchev–Trinajstić information content (AvgIpc) is 3.29. The van der Waals surface area contributed by atoms with Crippen LogP contribution < -0.4 is 5.46 Å². The van der Waals surface area contributed by atoms with Gasteiger partial charge in [0.05, 0.1) is 22.2 Å². The van der Waals surface area contributed by atoms with Crippen LogP contribution in [-0.2, 0) is 4.65 Å². The summed E-state index contributed by atoms with van der Waals surface area (Å²) in [5.74, 6) is 0. The topological polar surface area (TPSA) is 34.4 Å². The van der Waals surface area contributed by atoms with Gasteiger partial charge in [-0.1, -0.05) is 103 Å². The maximum Gasteiger partial charge on any atom is 0.333 e. The van der Waals surface area contributed by atoms with Crippen molar-refractivity contribution in [3.05, 3.63) is 121 Å². The molecule has 0 saturated carbocycles. The second-order valence-electron chi connectivity index (χ2n) is 11.4. The standard InChI is InChI=1S/C36H33BNO2/c1-35(2,39)36(3,4)40-37-31-17-11-12-18-32(31)38-33-23-27(25-13-7-5-8-14-25)19-21-29(33)30-22-20-28(24-34(30)38)26-15-9-6-10-16-26/h5-24,39H,1-4H3. The van der Waals surface area contributed by atoms with Gasteiger partial charge in [0.25, 0.3) is 0 Å². The van der Waals surface area contributed by atoms with Gasteiger partial charge in [0.1, 0.15) is 0 Å². The molecular weight excluding hydrogens is 489 g/mol. The summed E-state index contributed by atoms with van der Waals surface area (Å²) in [6.45, 7) is 7.36. The van der Waals surface area contributed by atoms with Gasteiger partial charge in [-0.05, 0) is 73.6 Å². The van der Waals surface area contributed by atoms with Gasteiger partial charge in [0.15, 0.2) is 0 Å². The van der Waals surface area contributed by atoms with Crippen LogP contribution in [0.4, 0.5) is 0 Å². The molecule has 0 saturated heterocycles. The van der Waals surface area contributed by atoms with E-state index in [0.717, 1.165) is 22.2 Å². The Morgan fingerprint density at radius 2 is 1.05 bits per heavy atom. The number of para-hydroxylation sites is 1. The minimum absolute atomic E-state index is 0.776. The lowest BCUT2D eigenvalue weighted by molar-refractivity contribution is -0.0893. The Kier molecular flexibility index (Phi) is 6.62. The predicted octanol–water partition coefficient (Wildman–Crippen LogP) is 7.93. The zero-order valence-electron chi connectivity index (χ0n) is 23.4. The number of aromatic nitrogens is 1. The van der Waals surface area contributed by atoms with Crippen molar-refractivity contribution in [3.63, 3.8) is 0 Å². The minimum Gasteiger partial charge on any atom is -0.427 e. The molecule has 0 fully saturated rings. The van der Waals surface area contributed by atoms with Gasteiger partial charge in [0, 0.05) is 16.5 Å². The highest BCUT2D eigenvalue weighted by Gasteiger charge is 2.36. The number of benzene rings is 5. The van der Waals surface area contributed by atoms with Crippen molar-refractivity contribution >= 4 is 34.8 Å². The highest BCUT2D eigenvalue weighted by atomic mass is 16.5. The van der Waals surface area contributed by atoms with Crippen LogP contribution in [0.5, 0.6) is 0 Å². The van der Waals surface area contributed by atoms with Crippen molar-refractivity contribution < 1.29 is 9.76 Å². The Morgan fingerprint density at radius 3 is 1.55 bits per heavy atom. The molecule has 0 amide bonds. The van der Waals surface area contributed by atoms with E-state index in [0.29, 0.717) is 0 Å². The third-order valence-electron chi connectivity index (χ3n) is 8.11. The molecule has 0 aliphatic rings. The van der Waals surface area contributed by atoms with Crippen molar-refractivity contribution in [2.24, 2.45) is 0 Å². The van der Waals surface area contributed by atoms with Gasteiger partial charge in [-0.3, -0.25) is 0 Å². The molecule has 0 bridgehead atoms. The molecule has 1 N–H and O–H groups in total. The van der Waals surface area contributed by atoms with Crippen LogP contribution in [0, 0.1) is 0 Å². The number of rotatable bonds is 7.